The Morgan fingerprint density at radius 2 is 2.12 bits per heavy atom. The highest BCUT2D eigenvalue weighted by Crippen LogP contribution is 2.34. The standard InChI is InChI=1S/C9H5ClN2O3S/c10-5-1-2-6-7(3-5)16(14,15)8(4-11)9(13)12-6/h1-3,12-13H. The number of benzene rings is 1. The van der Waals surface area contributed by atoms with Gasteiger partial charge in [-0.3, -0.25) is 0 Å². The van der Waals surface area contributed by atoms with E-state index in [1.165, 1.54) is 24.3 Å². The molecule has 0 aromatic heterocycles. The van der Waals surface area contributed by atoms with Gasteiger partial charge in [0.1, 0.15) is 6.07 Å². The lowest BCUT2D eigenvalue weighted by molar-refractivity contribution is 0.416. The van der Waals surface area contributed by atoms with E-state index in [1.54, 1.807) is 0 Å². The molecule has 0 fully saturated rings. The molecule has 1 aliphatic heterocycles. The Morgan fingerprint density at radius 1 is 1.44 bits per heavy atom. The summed E-state index contributed by atoms with van der Waals surface area (Å²) in [7, 11) is -3.98. The number of rotatable bonds is 0. The summed E-state index contributed by atoms with van der Waals surface area (Å²) in [6.07, 6.45) is 0. The summed E-state index contributed by atoms with van der Waals surface area (Å²) in [4.78, 5) is -0.823. The van der Waals surface area contributed by atoms with Crippen LogP contribution >= 0.6 is 11.6 Å². The first-order valence-corrected chi connectivity index (χ1v) is 5.98. The second-order valence-electron chi connectivity index (χ2n) is 3.06. The van der Waals surface area contributed by atoms with Gasteiger partial charge in [0.25, 0.3) is 0 Å². The zero-order valence-corrected chi connectivity index (χ0v) is 9.30. The van der Waals surface area contributed by atoms with E-state index in [4.69, 9.17) is 16.9 Å². The molecule has 0 amide bonds. The van der Waals surface area contributed by atoms with Crippen LogP contribution in [-0.4, -0.2) is 13.5 Å². The van der Waals surface area contributed by atoms with Crippen molar-refractivity contribution < 1.29 is 13.5 Å². The molecule has 5 nitrogen and oxygen atoms in total. The van der Waals surface area contributed by atoms with Crippen LogP contribution in [0.2, 0.25) is 5.02 Å². The highest BCUT2D eigenvalue weighted by atomic mass is 35.5. The average molecular weight is 257 g/mol. The van der Waals surface area contributed by atoms with Gasteiger partial charge in [0.15, 0.2) is 0 Å². The van der Waals surface area contributed by atoms with Crippen molar-refractivity contribution >= 4 is 27.1 Å². The van der Waals surface area contributed by atoms with Gasteiger partial charge >= 0.3 is 0 Å². The molecule has 0 spiro atoms. The van der Waals surface area contributed by atoms with Crippen molar-refractivity contribution in [3.05, 3.63) is 34.0 Å². The molecule has 0 unspecified atom stereocenters. The third-order valence-corrected chi connectivity index (χ3v) is 4.05. The predicted octanol–water partition coefficient (Wildman–Crippen LogP) is 1.79. The Balaban J connectivity index is 2.80. The van der Waals surface area contributed by atoms with Crippen molar-refractivity contribution in [1.82, 2.24) is 0 Å². The number of nitrogens with one attached hydrogen (secondary N) is 1. The zero-order chi connectivity index (χ0) is 11.9. The van der Waals surface area contributed by atoms with Gasteiger partial charge < -0.3 is 10.4 Å². The zero-order valence-electron chi connectivity index (χ0n) is 7.73. The smallest absolute Gasteiger partial charge is 0.224 e. The lowest BCUT2D eigenvalue weighted by Gasteiger charge is -2.17. The van der Waals surface area contributed by atoms with E-state index < -0.39 is 20.6 Å². The fraction of sp³-hybridized carbons (Fsp3) is 0. The number of aliphatic hydroxyl groups is 1. The summed E-state index contributed by atoms with van der Waals surface area (Å²) < 4.78 is 23.7. The number of halogens is 1. The molecular weight excluding hydrogens is 252 g/mol. The summed E-state index contributed by atoms with van der Waals surface area (Å²) in [5.41, 5.74) is 0.195. The van der Waals surface area contributed by atoms with Crippen LogP contribution in [0, 0.1) is 11.3 Å². The van der Waals surface area contributed by atoms with Gasteiger partial charge in [0.2, 0.25) is 20.6 Å². The summed E-state index contributed by atoms with van der Waals surface area (Å²) >= 11 is 5.68. The van der Waals surface area contributed by atoms with E-state index in [0.29, 0.717) is 0 Å². The van der Waals surface area contributed by atoms with Crippen LogP contribution in [0.3, 0.4) is 0 Å². The molecule has 1 heterocycles. The van der Waals surface area contributed by atoms with E-state index in [9.17, 15) is 13.5 Å². The number of fused-ring (bicyclic) bond motifs is 1. The first-order valence-electron chi connectivity index (χ1n) is 4.12. The Hall–Kier alpha value is -1.71. The molecule has 1 aliphatic rings. The monoisotopic (exact) mass is 256 g/mol. The number of aliphatic hydroxyl groups excluding tert-OH is 1. The van der Waals surface area contributed by atoms with Gasteiger partial charge in [-0.1, -0.05) is 11.6 Å². The van der Waals surface area contributed by atoms with Crippen molar-refractivity contribution in [1.29, 1.82) is 5.26 Å². The summed E-state index contributed by atoms with van der Waals surface area (Å²) in [6, 6.07) is 5.56. The number of nitrogens with zero attached hydrogens (tertiary/aromatic N) is 1. The third kappa shape index (κ3) is 1.41. The molecule has 1 aromatic rings. The SMILES string of the molecule is N#CC1=C(O)Nc2ccc(Cl)cc2S1(=O)=O. The van der Waals surface area contributed by atoms with Crippen LogP contribution in [0.5, 0.6) is 0 Å². The number of anilines is 1. The topological polar surface area (TPSA) is 90.2 Å². The number of nitriles is 1. The van der Waals surface area contributed by atoms with Crippen LogP contribution in [-0.2, 0) is 9.84 Å². The van der Waals surface area contributed by atoms with Gasteiger partial charge in [0, 0.05) is 5.02 Å². The number of sulfone groups is 1. The van der Waals surface area contributed by atoms with E-state index in [-0.39, 0.29) is 15.6 Å². The largest absolute Gasteiger partial charge is 0.493 e. The molecule has 0 radical (unpaired) electrons. The lowest BCUT2D eigenvalue weighted by atomic mass is 10.3. The van der Waals surface area contributed by atoms with Crippen molar-refractivity contribution in [2.45, 2.75) is 4.90 Å². The Morgan fingerprint density at radius 3 is 2.75 bits per heavy atom. The summed E-state index contributed by atoms with van der Waals surface area (Å²) in [5.74, 6) is -0.669. The normalized spacial score (nSPS) is 17.2. The van der Waals surface area contributed by atoms with Gasteiger partial charge in [-0.05, 0) is 18.2 Å². The molecule has 16 heavy (non-hydrogen) atoms. The quantitative estimate of drug-likeness (QED) is 0.739. The number of allylic oxidation sites excluding steroid dienone is 1. The van der Waals surface area contributed by atoms with Gasteiger partial charge in [0.05, 0.1) is 10.6 Å². The van der Waals surface area contributed by atoms with Crippen LogP contribution in [0.15, 0.2) is 33.9 Å². The molecule has 0 saturated carbocycles. The highest BCUT2D eigenvalue weighted by Gasteiger charge is 2.32. The Bertz CT molecular complexity index is 643. The van der Waals surface area contributed by atoms with E-state index >= 15 is 0 Å². The Kier molecular flexibility index (Phi) is 2.30. The first kappa shape index (κ1) is 10.8. The second kappa shape index (κ2) is 3.40. The first-order chi connectivity index (χ1) is 7.46. The van der Waals surface area contributed by atoms with Gasteiger partial charge in [-0.25, -0.2) is 8.42 Å². The number of hydrogen-bond donors (Lipinski definition) is 2. The summed E-state index contributed by atoms with van der Waals surface area (Å²) in [6.45, 7) is 0. The maximum atomic E-state index is 11.9. The second-order valence-corrected chi connectivity index (χ2v) is 5.35. The minimum absolute atomic E-state index is 0.116. The molecule has 0 atom stereocenters. The minimum atomic E-state index is -3.98. The minimum Gasteiger partial charge on any atom is -0.493 e. The average Bonchev–Trinajstić information content (AvgIpc) is 2.19. The van der Waals surface area contributed by atoms with Crippen LogP contribution in [0.25, 0.3) is 0 Å². The molecule has 0 aliphatic carbocycles. The highest BCUT2D eigenvalue weighted by molar-refractivity contribution is 7.95. The van der Waals surface area contributed by atoms with Crippen molar-refractivity contribution in [2.24, 2.45) is 0 Å². The molecule has 7 heteroatoms. The maximum Gasteiger partial charge on any atom is 0.224 e. The molecule has 1 aromatic carbocycles. The fourth-order valence-corrected chi connectivity index (χ4v) is 2.93. The molecule has 0 saturated heterocycles. The molecule has 2 rings (SSSR count). The van der Waals surface area contributed by atoms with Gasteiger partial charge in [-0.2, -0.15) is 5.26 Å². The maximum absolute atomic E-state index is 11.9. The lowest BCUT2D eigenvalue weighted by Crippen LogP contribution is -2.18. The molecular formula is C9H5ClN2O3S. The van der Waals surface area contributed by atoms with Crippen LogP contribution in [0.1, 0.15) is 0 Å². The van der Waals surface area contributed by atoms with Crippen molar-refractivity contribution in [3.63, 3.8) is 0 Å². The van der Waals surface area contributed by atoms with E-state index in [1.807, 2.05) is 0 Å². The van der Waals surface area contributed by atoms with Gasteiger partial charge in [-0.15, -0.1) is 0 Å². The van der Waals surface area contributed by atoms with E-state index in [2.05, 4.69) is 5.32 Å². The third-order valence-electron chi connectivity index (χ3n) is 2.07. The van der Waals surface area contributed by atoms with E-state index in [0.717, 1.165) is 0 Å². The molecule has 0 bridgehead atoms. The van der Waals surface area contributed by atoms with Crippen molar-refractivity contribution in [3.8, 4) is 6.07 Å². The van der Waals surface area contributed by atoms with Crippen molar-refractivity contribution in [2.75, 3.05) is 5.32 Å². The number of hydrogen-bond acceptors (Lipinski definition) is 5. The van der Waals surface area contributed by atoms with Crippen LogP contribution < -0.4 is 5.32 Å². The van der Waals surface area contributed by atoms with Crippen LogP contribution in [0.4, 0.5) is 5.69 Å². The summed E-state index contributed by atoms with van der Waals surface area (Å²) in [5, 5.41) is 20.7. The predicted molar refractivity (Wildman–Crippen MR) is 57.5 cm³/mol. The molecule has 2 N–H and O–H groups in total. The molecule has 82 valence electrons. The fourth-order valence-electron chi connectivity index (χ4n) is 1.36. The Labute approximate surface area is 96.5 Å².